The molecule has 1 unspecified atom stereocenters. The largest absolute Gasteiger partial charge is 0.382 e. The molecule has 2 saturated heterocycles. The van der Waals surface area contributed by atoms with E-state index in [9.17, 15) is 13.8 Å². The minimum absolute atomic E-state index is 0.0590. The number of hydrogen-bond donors (Lipinski definition) is 2. The Morgan fingerprint density at radius 2 is 1.88 bits per heavy atom. The topological polar surface area (TPSA) is 125 Å². The van der Waals surface area contributed by atoms with E-state index in [1.165, 1.54) is 6.20 Å². The highest BCUT2D eigenvalue weighted by Crippen LogP contribution is 2.21. The van der Waals surface area contributed by atoms with Crippen molar-refractivity contribution in [2.24, 2.45) is 0 Å². The maximum Gasteiger partial charge on any atom is 0.273 e. The molecule has 0 aliphatic carbocycles. The van der Waals surface area contributed by atoms with Crippen LogP contribution < -0.4 is 11.1 Å². The Morgan fingerprint density at radius 3 is 2.56 bits per heavy atom. The molecule has 2 aliphatic rings. The number of likely N-dealkylation sites (tertiary alicyclic amines) is 1. The first-order valence-electron chi connectivity index (χ1n) is 11.6. The van der Waals surface area contributed by atoms with Crippen molar-refractivity contribution >= 4 is 28.6 Å². The molecule has 182 valence electrons. The molecule has 3 N–H and O–H groups in total. The minimum atomic E-state index is -1.21. The fourth-order valence-corrected chi connectivity index (χ4v) is 5.21. The first-order valence-corrected chi connectivity index (χ1v) is 12.7. The average Bonchev–Trinajstić information content (AvgIpc) is 3.26. The van der Waals surface area contributed by atoms with E-state index in [0.717, 1.165) is 49.6 Å². The van der Waals surface area contributed by atoms with Gasteiger partial charge in [0, 0.05) is 57.8 Å². The number of nitrogen functional groups attached to an aromatic ring is 1. The molecular weight excluding hydrogens is 454 g/mol. The summed E-state index contributed by atoms with van der Waals surface area (Å²) in [6, 6.07) is 7.30. The van der Waals surface area contributed by atoms with Gasteiger partial charge in [-0.25, -0.2) is 18.5 Å². The van der Waals surface area contributed by atoms with Crippen LogP contribution in [0, 0.1) is 0 Å². The second-order valence-electron chi connectivity index (χ2n) is 8.59. The van der Waals surface area contributed by atoms with Crippen molar-refractivity contribution in [3.05, 3.63) is 36.2 Å². The van der Waals surface area contributed by atoms with E-state index >= 15 is 0 Å². The van der Waals surface area contributed by atoms with Gasteiger partial charge in [0.2, 0.25) is 5.91 Å². The number of nitrogens with zero attached hydrogens (tertiary/aromatic N) is 5. The predicted octanol–water partition coefficient (Wildman–Crippen LogP) is 0.738. The standard InChI is InChI=1S/C23H31N7O3S/c1-28-12-14-30(15-13-28)34(33)18-7-5-17(6-8-18)19-16-26-22(24)21(27-19)23(32)25-9-3-11-29-10-2-4-20(29)31/h5-8,16H,2-4,9-15H2,1H3,(H2,24,26)(H,25,32). The molecule has 2 aliphatic heterocycles. The van der Waals surface area contributed by atoms with E-state index in [1.54, 1.807) is 0 Å². The van der Waals surface area contributed by atoms with Crippen LogP contribution in [0.1, 0.15) is 29.8 Å². The lowest BCUT2D eigenvalue weighted by Crippen LogP contribution is -2.45. The molecular formula is C23H31N7O3S. The van der Waals surface area contributed by atoms with Gasteiger partial charge in [0.25, 0.3) is 5.91 Å². The minimum Gasteiger partial charge on any atom is -0.382 e. The van der Waals surface area contributed by atoms with Gasteiger partial charge in [0.05, 0.1) is 16.8 Å². The van der Waals surface area contributed by atoms with Gasteiger partial charge >= 0.3 is 0 Å². The van der Waals surface area contributed by atoms with Crippen molar-refractivity contribution < 1.29 is 13.8 Å². The summed E-state index contributed by atoms with van der Waals surface area (Å²) in [5.41, 5.74) is 7.25. The number of anilines is 1. The number of carbonyl (C=O) groups excluding carboxylic acids is 2. The number of carbonyl (C=O) groups is 2. The van der Waals surface area contributed by atoms with Gasteiger partial charge in [-0.3, -0.25) is 9.59 Å². The Labute approximate surface area is 202 Å². The molecule has 0 bridgehead atoms. The molecule has 11 heteroatoms. The molecule has 4 rings (SSSR count). The number of nitrogens with one attached hydrogen (secondary N) is 1. The molecule has 0 radical (unpaired) electrons. The molecule has 1 aromatic heterocycles. The summed E-state index contributed by atoms with van der Waals surface area (Å²) in [5.74, 6) is -0.163. The first kappa shape index (κ1) is 24.2. The molecule has 0 spiro atoms. The Hall–Kier alpha value is -2.89. The SMILES string of the molecule is CN1CCN(S(=O)c2ccc(-c3cnc(N)c(C(=O)NCCCN4CCCC4=O)n3)cc2)CC1. The quantitative estimate of drug-likeness (QED) is 0.528. The Bertz CT molecular complexity index is 1060. The zero-order chi connectivity index (χ0) is 24.1. The first-order chi connectivity index (χ1) is 16.4. The molecule has 3 heterocycles. The van der Waals surface area contributed by atoms with E-state index < -0.39 is 16.9 Å². The monoisotopic (exact) mass is 485 g/mol. The van der Waals surface area contributed by atoms with Gasteiger partial charge in [-0.2, -0.15) is 0 Å². The normalized spacial score (nSPS) is 18.3. The van der Waals surface area contributed by atoms with Crippen LogP contribution in [0.5, 0.6) is 0 Å². The van der Waals surface area contributed by atoms with Gasteiger partial charge < -0.3 is 20.9 Å². The summed E-state index contributed by atoms with van der Waals surface area (Å²) < 4.78 is 14.8. The summed E-state index contributed by atoms with van der Waals surface area (Å²) in [5, 5.41) is 2.81. The summed E-state index contributed by atoms with van der Waals surface area (Å²) in [6.45, 7) is 5.15. The van der Waals surface area contributed by atoms with Crippen LogP contribution >= 0.6 is 0 Å². The van der Waals surface area contributed by atoms with E-state index in [2.05, 4.69) is 27.2 Å². The number of rotatable bonds is 8. The zero-order valence-corrected chi connectivity index (χ0v) is 20.2. The number of amides is 2. The van der Waals surface area contributed by atoms with Crippen LogP contribution in [-0.4, -0.2) is 93.0 Å². The van der Waals surface area contributed by atoms with Crippen molar-refractivity contribution in [2.45, 2.75) is 24.2 Å². The summed E-state index contributed by atoms with van der Waals surface area (Å²) in [6.07, 6.45) is 3.70. The number of nitrogens with two attached hydrogens (primary N) is 1. The smallest absolute Gasteiger partial charge is 0.273 e. The fourth-order valence-electron chi connectivity index (χ4n) is 4.05. The number of piperazine rings is 1. The third-order valence-corrected chi connectivity index (χ3v) is 7.64. The highest BCUT2D eigenvalue weighted by atomic mass is 32.2. The number of benzene rings is 1. The van der Waals surface area contributed by atoms with E-state index in [-0.39, 0.29) is 17.4 Å². The van der Waals surface area contributed by atoms with Crippen molar-refractivity contribution in [3.8, 4) is 11.3 Å². The van der Waals surface area contributed by atoms with E-state index in [4.69, 9.17) is 5.73 Å². The molecule has 2 fully saturated rings. The third kappa shape index (κ3) is 5.78. The van der Waals surface area contributed by atoms with Gasteiger partial charge in [-0.1, -0.05) is 12.1 Å². The molecule has 1 aromatic carbocycles. The molecule has 2 amide bonds. The van der Waals surface area contributed by atoms with Gasteiger partial charge in [0.15, 0.2) is 11.5 Å². The molecule has 0 saturated carbocycles. The summed E-state index contributed by atoms with van der Waals surface area (Å²) >= 11 is 0. The van der Waals surface area contributed by atoms with Crippen LogP contribution in [-0.2, 0) is 15.8 Å². The Kier molecular flexibility index (Phi) is 7.86. The predicted molar refractivity (Wildman–Crippen MR) is 130 cm³/mol. The van der Waals surface area contributed by atoms with E-state index in [0.29, 0.717) is 31.6 Å². The fraction of sp³-hybridized carbons (Fsp3) is 0.478. The van der Waals surface area contributed by atoms with Crippen molar-refractivity contribution in [1.29, 1.82) is 0 Å². The number of aromatic nitrogens is 2. The lowest BCUT2D eigenvalue weighted by atomic mass is 10.1. The molecule has 1 atom stereocenters. The molecule has 10 nitrogen and oxygen atoms in total. The lowest BCUT2D eigenvalue weighted by molar-refractivity contribution is -0.127. The second kappa shape index (κ2) is 11.0. The van der Waals surface area contributed by atoms with E-state index in [1.807, 2.05) is 33.5 Å². The zero-order valence-electron chi connectivity index (χ0n) is 19.4. The van der Waals surface area contributed by atoms with Crippen LogP contribution in [0.2, 0.25) is 0 Å². The highest BCUT2D eigenvalue weighted by Gasteiger charge is 2.21. The van der Waals surface area contributed by atoms with Crippen molar-refractivity contribution in [1.82, 2.24) is 29.4 Å². The van der Waals surface area contributed by atoms with Crippen LogP contribution in [0.3, 0.4) is 0 Å². The van der Waals surface area contributed by atoms with Crippen LogP contribution in [0.25, 0.3) is 11.3 Å². The number of hydrogen-bond acceptors (Lipinski definition) is 7. The Morgan fingerprint density at radius 1 is 1.15 bits per heavy atom. The Balaban J connectivity index is 1.36. The van der Waals surface area contributed by atoms with Gasteiger partial charge in [-0.05, 0) is 32.0 Å². The molecule has 34 heavy (non-hydrogen) atoms. The highest BCUT2D eigenvalue weighted by molar-refractivity contribution is 7.82. The summed E-state index contributed by atoms with van der Waals surface area (Å²) in [4.78, 5) is 37.6. The van der Waals surface area contributed by atoms with Gasteiger partial charge in [-0.15, -0.1) is 0 Å². The van der Waals surface area contributed by atoms with Crippen LogP contribution in [0.15, 0.2) is 35.4 Å². The number of likely N-dealkylation sites (N-methyl/N-ethyl adjacent to an activating group) is 1. The second-order valence-corrected chi connectivity index (χ2v) is 10.1. The van der Waals surface area contributed by atoms with Crippen molar-refractivity contribution in [2.75, 3.05) is 58.6 Å². The van der Waals surface area contributed by atoms with Gasteiger partial charge in [0.1, 0.15) is 11.0 Å². The average molecular weight is 486 g/mol. The summed E-state index contributed by atoms with van der Waals surface area (Å²) in [7, 11) is 0.852. The molecule has 2 aromatic rings. The lowest BCUT2D eigenvalue weighted by Gasteiger charge is -2.31. The van der Waals surface area contributed by atoms with Crippen molar-refractivity contribution in [3.63, 3.8) is 0 Å². The van der Waals surface area contributed by atoms with Crippen LogP contribution in [0.4, 0.5) is 5.82 Å². The maximum atomic E-state index is 12.9. The maximum absolute atomic E-state index is 12.9. The third-order valence-electron chi connectivity index (χ3n) is 6.13.